The molecule has 2 aromatic rings. The van der Waals surface area contributed by atoms with Crippen LogP contribution in [-0.4, -0.2) is 23.9 Å². The molecule has 1 amide bonds. The highest BCUT2D eigenvalue weighted by Crippen LogP contribution is 2.44. The van der Waals surface area contributed by atoms with Crippen LogP contribution in [0.3, 0.4) is 0 Å². The first-order valence-corrected chi connectivity index (χ1v) is 9.35. The number of Topliss-reactive ketones (excluding diaryl/α,β-unsaturated/α-hetero) is 1. The van der Waals surface area contributed by atoms with Gasteiger partial charge in [-0.3, -0.25) is 14.5 Å². The molecule has 0 bridgehead atoms. The first-order chi connectivity index (χ1) is 12.9. The summed E-state index contributed by atoms with van der Waals surface area (Å²) in [5.74, 6) is -1.20. The fourth-order valence-corrected chi connectivity index (χ4v) is 3.49. The zero-order valence-electron chi connectivity index (χ0n) is 15.3. The Kier molecular flexibility index (Phi) is 5.37. The van der Waals surface area contributed by atoms with Crippen LogP contribution in [-0.2, 0) is 9.59 Å². The maximum atomic E-state index is 12.9. The average molecular weight is 430 g/mol. The van der Waals surface area contributed by atoms with Gasteiger partial charge in [-0.2, -0.15) is 0 Å². The number of aliphatic hydroxyl groups is 1. The number of carbonyl (C=O) groups excluding carboxylic acids is 2. The predicted octanol–water partition coefficient (Wildman–Crippen LogP) is 4.58. The molecule has 140 valence electrons. The van der Waals surface area contributed by atoms with Gasteiger partial charge in [-0.25, -0.2) is 0 Å². The van der Waals surface area contributed by atoms with Crippen LogP contribution in [0, 0.1) is 5.92 Å². The fraction of sp³-hybridized carbons (Fsp3) is 0.238. The Morgan fingerprint density at radius 1 is 1.15 bits per heavy atom. The number of aliphatic hydroxyl groups excluding tert-OH is 1. The number of carbonyl (C=O) groups is 2. The van der Waals surface area contributed by atoms with E-state index in [-0.39, 0.29) is 17.3 Å². The second kappa shape index (κ2) is 7.56. The summed E-state index contributed by atoms with van der Waals surface area (Å²) < 4.78 is 6.32. The maximum absolute atomic E-state index is 12.9. The number of methoxy groups -OCH3 is 1. The number of amides is 1. The standard InChI is InChI=1S/C21H20BrNO4/c1-12(2)19(24)17-18(15-6-4-5-7-16(15)27-3)23(21(26)20(17)25)14-10-8-13(22)9-11-14/h4-12,18,25H,1-3H3. The molecule has 1 aliphatic rings. The van der Waals surface area contributed by atoms with E-state index in [9.17, 15) is 14.7 Å². The lowest BCUT2D eigenvalue weighted by Crippen LogP contribution is -2.31. The lowest BCUT2D eigenvalue weighted by atomic mass is 9.90. The second-order valence-electron chi connectivity index (χ2n) is 6.58. The normalized spacial score (nSPS) is 17.0. The number of ether oxygens (including phenoxy) is 1. The molecule has 1 N–H and O–H groups in total. The molecule has 1 unspecified atom stereocenters. The van der Waals surface area contributed by atoms with Crippen molar-refractivity contribution in [1.82, 2.24) is 0 Å². The van der Waals surface area contributed by atoms with Crippen LogP contribution in [0.2, 0.25) is 0 Å². The number of para-hydroxylation sites is 1. The quantitative estimate of drug-likeness (QED) is 0.754. The predicted molar refractivity (Wildman–Crippen MR) is 107 cm³/mol. The van der Waals surface area contributed by atoms with Crippen LogP contribution in [0.15, 0.2) is 64.3 Å². The van der Waals surface area contributed by atoms with Crippen molar-refractivity contribution >= 4 is 33.3 Å². The fourth-order valence-electron chi connectivity index (χ4n) is 3.22. The molecule has 6 heteroatoms. The summed E-state index contributed by atoms with van der Waals surface area (Å²) in [6, 6.07) is 13.6. The van der Waals surface area contributed by atoms with E-state index >= 15 is 0 Å². The van der Waals surface area contributed by atoms with Gasteiger partial charge in [0.05, 0.1) is 18.7 Å². The Balaban J connectivity index is 2.23. The van der Waals surface area contributed by atoms with Gasteiger partial charge < -0.3 is 9.84 Å². The van der Waals surface area contributed by atoms with Gasteiger partial charge in [0.15, 0.2) is 11.5 Å². The number of nitrogens with zero attached hydrogens (tertiary/aromatic N) is 1. The molecule has 1 atom stereocenters. The minimum atomic E-state index is -0.760. The van der Waals surface area contributed by atoms with E-state index in [0.29, 0.717) is 17.0 Å². The number of rotatable bonds is 5. The van der Waals surface area contributed by atoms with E-state index in [4.69, 9.17) is 4.74 Å². The number of benzene rings is 2. The molecule has 0 spiro atoms. The third-order valence-corrected chi connectivity index (χ3v) is 5.06. The largest absolute Gasteiger partial charge is 0.503 e. The average Bonchev–Trinajstić information content (AvgIpc) is 2.92. The first-order valence-electron chi connectivity index (χ1n) is 8.56. The molecule has 0 radical (unpaired) electrons. The van der Waals surface area contributed by atoms with Crippen molar-refractivity contribution in [2.45, 2.75) is 19.9 Å². The molecular formula is C21H20BrNO4. The van der Waals surface area contributed by atoms with E-state index in [1.807, 2.05) is 12.1 Å². The third-order valence-electron chi connectivity index (χ3n) is 4.54. The summed E-state index contributed by atoms with van der Waals surface area (Å²) in [5, 5.41) is 10.6. The van der Waals surface area contributed by atoms with Crippen molar-refractivity contribution in [3.8, 4) is 5.75 Å². The van der Waals surface area contributed by atoms with E-state index in [2.05, 4.69) is 15.9 Å². The van der Waals surface area contributed by atoms with E-state index in [1.165, 1.54) is 12.0 Å². The summed E-state index contributed by atoms with van der Waals surface area (Å²) in [6.45, 7) is 3.49. The summed E-state index contributed by atoms with van der Waals surface area (Å²) in [7, 11) is 1.53. The van der Waals surface area contributed by atoms with Crippen molar-refractivity contribution in [2.75, 3.05) is 12.0 Å². The number of ketones is 1. The Bertz CT molecular complexity index is 918. The molecule has 0 saturated carbocycles. The van der Waals surface area contributed by atoms with Crippen LogP contribution in [0.25, 0.3) is 0 Å². The summed E-state index contributed by atoms with van der Waals surface area (Å²) >= 11 is 3.38. The molecule has 0 saturated heterocycles. The van der Waals surface area contributed by atoms with Crippen molar-refractivity contribution in [3.05, 3.63) is 69.9 Å². The third kappa shape index (κ3) is 3.37. The highest BCUT2D eigenvalue weighted by molar-refractivity contribution is 9.10. The number of anilines is 1. The topological polar surface area (TPSA) is 66.8 Å². The molecule has 27 heavy (non-hydrogen) atoms. The molecule has 5 nitrogen and oxygen atoms in total. The Labute approximate surface area is 166 Å². The molecule has 3 rings (SSSR count). The summed E-state index contributed by atoms with van der Waals surface area (Å²) in [5.41, 5.74) is 1.32. The maximum Gasteiger partial charge on any atom is 0.294 e. The first kappa shape index (κ1) is 19.2. The second-order valence-corrected chi connectivity index (χ2v) is 7.49. The van der Waals surface area contributed by atoms with Crippen molar-refractivity contribution in [3.63, 3.8) is 0 Å². The monoisotopic (exact) mass is 429 g/mol. The number of hydrogen-bond donors (Lipinski definition) is 1. The van der Waals surface area contributed by atoms with E-state index in [1.54, 1.807) is 50.2 Å². The van der Waals surface area contributed by atoms with E-state index < -0.39 is 17.7 Å². The van der Waals surface area contributed by atoms with Gasteiger partial charge in [-0.15, -0.1) is 0 Å². The SMILES string of the molecule is COc1ccccc1C1C(C(=O)C(C)C)=C(O)C(=O)N1c1ccc(Br)cc1. The molecule has 1 heterocycles. The van der Waals surface area contributed by atoms with Crippen LogP contribution >= 0.6 is 15.9 Å². The minimum absolute atomic E-state index is 0.0995. The molecule has 0 fully saturated rings. The highest BCUT2D eigenvalue weighted by Gasteiger charge is 2.45. The lowest BCUT2D eigenvalue weighted by Gasteiger charge is -2.28. The highest BCUT2D eigenvalue weighted by atomic mass is 79.9. The molecule has 0 aromatic heterocycles. The Morgan fingerprint density at radius 3 is 2.37 bits per heavy atom. The number of halogens is 1. The van der Waals surface area contributed by atoms with Crippen LogP contribution in [0.1, 0.15) is 25.5 Å². The van der Waals surface area contributed by atoms with Crippen molar-refractivity contribution < 1.29 is 19.4 Å². The van der Waals surface area contributed by atoms with Gasteiger partial charge in [-0.1, -0.05) is 48.0 Å². The van der Waals surface area contributed by atoms with Crippen LogP contribution < -0.4 is 9.64 Å². The molecular weight excluding hydrogens is 410 g/mol. The zero-order chi connectivity index (χ0) is 19.7. The van der Waals surface area contributed by atoms with Gasteiger partial charge in [0.25, 0.3) is 5.91 Å². The molecule has 1 aliphatic heterocycles. The van der Waals surface area contributed by atoms with E-state index in [0.717, 1.165) is 4.47 Å². The van der Waals surface area contributed by atoms with Gasteiger partial charge in [0.1, 0.15) is 5.75 Å². The van der Waals surface area contributed by atoms with Gasteiger partial charge in [0, 0.05) is 21.6 Å². The van der Waals surface area contributed by atoms with Gasteiger partial charge in [-0.05, 0) is 30.3 Å². The lowest BCUT2D eigenvalue weighted by molar-refractivity contribution is -0.119. The zero-order valence-corrected chi connectivity index (χ0v) is 16.9. The Morgan fingerprint density at radius 2 is 1.78 bits per heavy atom. The molecule has 2 aromatic carbocycles. The van der Waals surface area contributed by atoms with Gasteiger partial charge >= 0.3 is 0 Å². The van der Waals surface area contributed by atoms with Crippen molar-refractivity contribution in [2.24, 2.45) is 5.92 Å². The van der Waals surface area contributed by atoms with Gasteiger partial charge in [0.2, 0.25) is 0 Å². The van der Waals surface area contributed by atoms with Crippen LogP contribution in [0.4, 0.5) is 5.69 Å². The van der Waals surface area contributed by atoms with Crippen LogP contribution in [0.5, 0.6) is 5.75 Å². The molecule has 0 aliphatic carbocycles. The summed E-state index contributed by atoms with van der Waals surface area (Å²) in [6.07, 6.45) is 0. The number of hydrogen-bond acceptors (Lipinski definition) is 4. The minimum Gasteiger partial charge on any atom is -0.503 e. The smallest absolute Gasteiger partial charge is 0.294 e. The summed E-state index contributed by atoms with van der Waals surface area (Å²) in [4.78, 5) is 27.2. The van der Waals surface area contributed by atoms with Crippen molar-refractivity contribution in [1.29, 1.82) is 0 Å². The Hall–Kier alpha value is -2.60.